The average Bonchev–Trinajstić information content (AvgIpc) is 2.51. The summed E-state index contributed by atoms with van der Waals surface area (Å²) in [5.41, 5.74) is 0.156. The maximum Gasteiger partial charge on any atom is 0.409 e. The van der Waals surface area contributed by atoms with Gasteiger partial charge in [-0.15, -0.1) is 0 Å². The molecule has 2 amide bonds. The second-order valence-electron chi connectivity index (χ2n) is 5.13. The normalized spacial score (nSPS) is 15.3. The van der Waals surface area contributed by atoms with Crippen LogP contribution in [0, 0.1) is 5.82 Å². The maximum absolute atomic E-state index is 13.7. The molecule has 6 nitrogen and oxygen atoms in total. The molecule has 1 aliphatic heterocycles. The molecule has 8 heteroatoms. The van der Waals surface area contributed by atoms with Gasteiger partial charge in [0.15, 0.2) is 0 Å². The van der Waals surface area contributed by atoms with Crippen molar-refractivity contribution in [2.45, 2.75) is 6.92 Å². The largest absolute Gasteiger partial charge is 0.450 e. The van der Waals surface area contributed by atoms with Gasteiger partial charge in [-0.05, 0) is 25.1 Å². The summed E-state index contributed by atoms with van der Waals surface area (Å²) in [4.78, 5) is 27.1. The number of nitrogens with one attached hydrogen (secondary N) is 1. The first kappa shape index (κ1) is 17.7. The van der Waals surface area contributed by atoms with Gasteiger partial charge in [0, 0.05) is 30.7 Å². The van der Waals surface area contributed by atoms with Crippen LogP contribution in [-0.2, 0) is 9.53 Å². The van der Waals surface area contributed by atoms with Crippen LogP contribution in [-0.4, -0.2) is 61.1 Å². The molecule has 0 atom stereocenters. The smallest absolute Gasteiger partial charge is 0.409 e. The minimum absolute atomic E-state index is 0.156. The molecule has 126 valence electrons. The van der Waals surface area contributed by atoms with Gasteiger partial charge in [-0.3, -0.25) is 9.69 Å². The van der Waals surface area contributed by atoms with Crippen molar-refractivity contribution in [2.24, 2.45) is 0 Å². The Bertz CT molecular complexity index is 577. The van der Waals surface area contributed by atoms with Crippen molar-refractivity contribution in [3.8, 4) is 0 Å². The molecule has 2 rings (SSSR count). The van der Waals surface area contributed by atoms with E-state index in [1.165, 1.54) is 12.1 Å². The second-order valence-corrected chi connectivity index (χ2v) is 6.05. The summed E-state index contributed by atoms with van der Waals surface area (Å²) in [7, 11) is 0. The van der Waals surface area contributed by atoms with Gasteiger partial charge in [0.05, 0.1) is 18.8 Å². The lowest BCUT2D eigenvalue weighted by molar-refractivity contribution is -0.117. The molecule has 1 N–H and O–H groups in total. The van der Waals surface area contributed by atoms with E-state index in [1.54, 1.807) is 17.9 Å². The molecule has 23 heavy (non-hydrogen) atoms. The Morgan fingerprint density at radius 1 is 1.30 bits per heavy atom. The molecule has 1 fully saturated rings. The first-order chi connectivity index (χ1) is 11.0. The third kappa shape index (κ3) is 5.18. The maximum atomic E-state index is 13.7. The Morgan fingerprint density at radius 2 is 2.00 bits per heavy atom. The topological polar surface area (TPSA) is 61.9 Å². The molecule has 0 unspecified atom stereocenters. The fraction of sp³-hybridized carbons (Fsp3) is 0.467. The van der Waals surface area contributed by atoms with Crippen LogP contribution < -0.4 is 5.32 Å². The van der Waals surface area contributed by atoms with Crippen molar-refractivity contribution < 1.29 is 18.7 Å². The van der Waals surface area contributed by atoms with E-state index in [2.05, 4.69) is 21.2 Å². The van der Waals surface area contributed by atoms with Crippen LogP contribution >= 0.6 is 15.9 Å². The summed E-state index contributed by atoms with van der Waals surface area (Å²) >= 11 is 3.17. The Labute approximate surface area is 142 Å². The van der Waals surface area contributed by atoms with Gasteiger partial charge in [0.2, 0.25) is 5.91 Å². The number of rotatable bonds is 4. The predicted molar refractivity (Wildman–Crippen MR) is 87.8 cm³/mol. The predicted octanol–water partition coefficient (Wildman–Crippen LogP) is 2.30. The number of amides is 2. The van der Waals surface area contributed by atoms with Gasteiger partial charge < -0.3 is 15.0 Å². The van der Waals surface area contributed by atoms with Crippen LogP contribution in [0.3, 0.4) is 0 Å². The first-order valence-electron chi connectivity index (χ1n) is 7.38. The van der Waals surface area contributed by atoms with Crippen LogP contribution in [0.1, 0.15) is 6.92 Å². The van der Waals surface area contributed by atoms with Crippen LogP contribution in [0.5, 0.6) is 0 Å². The molecule has 1 saturated heterocycles. The first-order valence-corrected chi connectivity index (χ1v) is 8.18. The van der Waals surface area contributed by atoms with Gasteiger partial charge in [0.1, 0.15) is 5.82 Å². The van der Waals surface area contributed by atoms with Crippen molar-refractivity contribution in [1.82, 2.24) is 9.80 Å². The third-order valence-corrected chi connectivity index (χ3v) is 3.96. The number of benzene rings is 1. The molecule has 0 bridgehead atoms. The van der Waals surface area contributed by atoms with E-state index in [1.807, 2.05) is 4.90 Å². The van der Waals surface area contributed by atoms with E-state index < -0.39 is 5.82 Å². The fourth-order valence-electron chi connectivity index (χ4n) is 2.29. The highest BCUT2D eigenvalue weighted by Gasteiger charge is 2.23. The van der Waals surface area contributed by atoms with Gasteiger partial charge in [-0.1, -0.05) is 15.9 Å². The van der Waals surface area contributed by atoms with Crippen molar-refractivity contribution in [3.63, 3.8) is 0 Å². The highest BCUT2D eigenvalue weighted by molar-refractivity contribution is 9.10. The number of carbonyl (C=O) groups is 2. The summed E-state index contributed by atoms with van der Waals surface area (Å²) in [5, 5.41) is 2.56. The van der Waals surface area contributed by atoms with Gasteiger partial charge in [-0.25, -0.2) is 9.18 Å². The monoisotopic (exact) mass is 387 g/mol. The molecule has 1 heterocycles. The molecular weight excluding hydrogens is 369 g/mol. The standard InChI is InChI=1S/C15H19BrFN3O3/c1-2-23-15(22)20-7-5-19(6-8-20)10-14(21)18-13-4-3-11(16)9-12(13)17/h3-4,9H,2,5-8,10H2,1H3,(H,18,21). The number of nitrogens with zero attached hydrogens (tertiary/aromatic N) is 2. The molecule has 0 saturated carbocycles. The highest BCUT2D eigenvalue weighted by Crippen LogP contribution is 2.19. The van der Waals surface area contributed by atoms with Crippen LogP contribution in [0.4, 0.5) is 14.9 Å². The van der Waals surface area contributed by atoms with Crippen molar-refractivity contribution >= 4 is 33.6 Å². The number of hydrogen-bond donors (Lipinski definition) is 1. The third-order valence-electron chi connectivity index (χ3n) is 3.47. The Kier molecular flexibility index (Phi) is 6.35. The average molecular weight is 388 g/mol. The zero-order valence-electron chi connectivity index (χ0n) is 12.8. The van der Waals surface area contributed by atoms with Gasteiger partial charge in [0.25, 0.3) is 0 Å². The molecule has 0 aliphatic carbocycles. The summed E-state index contributed by atoms with van der Waals surface area (Å²) in [6.45, 7) is 4.45. The molecular formula is C15H19BrFN3O3. The van der Waals surface area contributed by atoms with E-state index >= 15 is 0 Å². The van der Waals surface area contributed by atoms with Crippen LogP contribution in [0.25, 0.3) is 0 Å². The fourth-order valence-corrected chi connectivity index (χ4v) is 2.62. The highest BCUT2D eigenvalue weighted by atomic mass is 79.9. The second kappa shape index (κ2) is 8.26. The minimum atomic E-state index is -0.486. The molecule has 1 aliphatic rings. The van der Waals surface area contributed by atoms with Crippen LogP contribution in [0.15, 0.2) is 22.7 Å². The summed E-state index contributed by atoms with van der Waals surface area (Å²) < 4.78 is 19.2. The lowest BCUT2D eigenvalue weighted by Crippen LogP contribution is -2.50. The lowest BCUT2D eigenvalue weighted by Gasteiger charge is -2.33. The summed E-state index contributed by atoms with van der Waals surface area (Å²) in [5.74, 6) is -0.768. The molecule has 1 aromatic rings. The number of piperazine rings is 1. The number of hydrogen-bond acceptors (Lipinski definition) is 4. The summed E-state index contributed by atoms with van der Waals surface area (Å²) in [6, 6.07) is 4.47. The summed E-state index contributed by atoms with van der Waals surface area (Å²) in [6.07, 6.45) is -0.325. The molecule has 0 radical (unpaired) electrons. The molecule has 1 aromatic carbocycles. The Balaban J connectivity index is 1.79. The SMILES string of the molecule is CCOC(=O)N1CCN(CC(=O)Nc2ccc(Br)cc2F)CC1. The molecule has 0 spiro atoms. The zero-order chi connectivity index (χ0) is 16.8. The minimum Gasteiger partial charge on any atom is -0.450 e. The van der Waals surface area contributed by atoms with Gasteiger partial charge in [-0.2, -0.15) is 0 Å². The van der Waals surface area contributed by atoms with E-state index in [0.29, 0.717) is 37.3 Å². The van der Waals surface area contributed by atoms with E-state index in [4.69, 9.17) is 4.74 Å². The van der Waals surface area contributed by atoms with Crippen molar-refractivity contribution in [1.29, 1.82) is 0 Å². The quantitative estimate of drug-likeness (QED) is 0.860. The zero-order valence-corrected chi connectivity index (χ0v) is 14.4. The van der Waals surface area contributed by atoms with Crippen molar-refractivity contribution in [2.75, 3.05) is 44.6 Å². The molecule has 0 aromatic heterocycles. The van der Waals surface area contributed by atoms with Crippen molar-refractivity contribution in [3.05, 3.63) is 28.5 Å². The number of carbonyl (C=O) groups excluding carboxylic acids is 2. The number of anilines is 1. The number of ether oxygens (including phenoxy) is 1. The van der Waals surface area contributed by atoms with Gasteiger partial charge >= 0.3 is 6.09 Å². The van der Waals surface area contributed by atoms with E-state index in [0.717, 1.165) is 0 Å². The van der Waals surface area contributed by atoms with Crippen LogP contribution in [0.2, 0.25) is 0 Å². The van der Waals surface area contributed by atoms with E-state index in [9.17, 15) is 14.0 Å². The lowest BCUT2D eigenvalue weighted by atomic mass is 10.3. The number of halogens is 2. The Morgan fingerprint density at radius 3 is 2.61 bits per heavy atom. The van der Waals surface area contributed by atoms with E-state index in [-0.39, 0.29) is 24.2 Å². The Hall–Kier alpha value is -1.67.